The number of ether oxygens (including phenoxy) is 1. The first-order valence-electron chi connectivity index (χ1n) is 17.9. The van der Waals surface area contributed by atoms with E-state index in [9.17, 15) is 34.6 Å². The van der Waals surface area contributed by atoms with Crippen LogP contribution in [0, 0.1) is 66.6 Å². The summed E-state index contributed by atoms with van der Waals surface area (Å²) in [6.07, 6.45) is 9.28. The molecule has 0 spiro atoms. The Balaban J connectivity index is 1.45. The van der Waals surface area contributed by atoms with Gasteiger partial charge in [-0.1, -0.05) is 39.3 Å². The molecule has 0 saturated heterocycles. The van der Waals surface area contributed by atoms with Crippen LogP contribution in [0.4, 0.5) is 17.1 Å². The highest BCUT2D eigenvalue weighted by Gasteiger charge is 2.62. The zero-order valence-electron chi connectivity index (χ0n) is 30.0. The summed E-state index contributed by atoms with van der Waals surface area (Å²) in [6.45, 7) is 12.1. The molecule has 5 rings (SSSR count). The monoisotopic (exact) mass is 693 g/mol. The first-order valence-corrected chi connectivity index (χ1v) is 17.9. The second-order valence-electron chi connectivity index (χ2n) is 15.7. The van der Waals surface area contributed by atoms with Gasteiger partial charge < -0.3 is 10.1 Å². The van der Waals surface area contributed by atoms with Gasteiger partial charge in [-0.05, 0) is 85.5 Å². The Morgan fingerprint density at radius 3 is 2.44 bits per heavy atom. The maximum atomic E-state index is 13.9. The summed E-state index contributed by atoms with van der Waals surface area (Å²) in [5, 5.41) is 30.9. The third kappa shape index (κ3) is 7.32. The van der Waals surface area contributed by atoms with Gasteiger partial charge in [0, 0.05) is 56.8 Å². The molecule has 13 heteroatoms. The lowest BCUT2D eigenvalue weighted by Gasteiger charge is -2.58. The summed E-state index contributed by atoms with van der Waals surface area (Å²) in [4.78, 5) is 58.9. The lowest BCUT2D eigenvalue weighted by atomic mass is 9.47. The molecule has 13 nitrogen and oxygen atoms in total. The number of nitro groups is 2. The number of carbonyl (C=O) groups excluding carboxylic acids is 3. The van der Waals surface area contributed by atoms with Crippen LogP contribution in [0.25, 0.3) is 0 Å². The predicted octanol–water partition coefficient (Wildman–Crippen LogP) is 7.15. The van der Waals surface area contributed by atoms with E-state index in [2.05, 4.69) is 30.7 Å². The number of amides is 1. The number of rotatable bonds is 12. The number of anilines is 1. The van der Waals surface area contributed by atoms with Crippen LogP contribution in [0.1, 0.15) is 99.3 Å². The minimum Gasteiger partial charge on any atom is -0.462 e. The van der Waals surface area contributed by atoms with E-state index >= 15 is 0 Å². The maximum Gasteiger partial charge on any atom is 0.302 e. The largest absolute Gasteiger partial charge is 0.462 e. The first-order chi connectivity index (χ1) is 23.5. The molecule has 50 heavy (non-hydrogen) atoms. The molecule has 0 bridgehead atoms. The van der Waals surface area contributed by atoms with E-state index in [4.69, 9.17) is 9.84 Å². The third-order valence-corrected chi connectivity index (χ3v) is 12.6. The summed E-state index contributed by atoms with van der Waals surface area (Å²) in [6, 6.07) is 3.45. The number of hydrogen-bond acceptors (Lipinski definition) is 10. The fraction of sp³-hybridized carbons (Fsp3) is 0.676. The fourth-order valence-electron chi connectivity index (χ4n) is 10.0. The normalized spacial score (nSPS) is 32.0. The molecule has 272 valence electrons. The topological polar surface area (TPSA) is 183 Å². The first kappa shape index (κ1) is 37.1. The van der Waals surface area contributed by atoms with Gasteiger partial charge in [0.15, 0.2) is 0 Å². The third-order valence-electron chi connectivity index (χ3n) is 12.6. The van der Waals surface area contributed by atoms with Crippen LogP contribution in [0.3, 0.4) is 0 Å². The van der Waals surface area contributed by atoms with Gasteiger partial charge in [0.1, 0.15) is 17.6 Å². The minimum atomic E-state index is -0.671. The maximum absolute atomic E-state index is 13.9. The van der Waals surface area contributed by atoms with Gasteiger partial charge in [0.25, 0.3) is 5.69 Å². The van der Waals surface area contributed by atoms with E-state index in [1.165, 1.54) is 31.6 Å². The lowest BCUT2D eigenvalue weighted by molar-refractivity contribution is -0.393. The number of hydrazone groups is 1. The number of esters is 1. The SMILES string of the molecule is CC(=O)NC[C@H](C)CCC(=O)[C@H](C)[C@@H]1/C(=N/Nc2ccc([N+](=O)[O-])cc2[N+](=O)[O-])C[C@@H]2[C@@H]3CC=C4C[C@@H](OC(C)=O)CC[C@]4(C)[C@@H]3CC[C@@]21C. The number of Topliss-reactive ketones (excluding diaryl/α,β-unsaturated/α-hetero) is 1. The Morgan fingerprint density at radius 2 is 1.78 bits per heavy atom. The summed E-state index contributed by atoms with van der Waals surface area (Å²) in [5.74, 6) is 0.381. The molecule has 1 aromatic carbocycles. The molecule has 1 amide bonds. The zero-order valence-corrected chi connectivity index (χ0v) is 30.0. The Morgan fingerprint density at radius 1 is 1.04 bits per heavy atom. The number of fused-ring (bicyclic) bond motifs is 5. The Labute approximate surface area is 293 Å². The van der Waals surface area contributed by atoms with E-state index in [1.54, 1.807) is 0 Å². The fourth-order valence-corrected chi connectivity index (χ4v) is 10.0. The Kier molecular flexibility index (Phi) is 10.8. The van der Waals surface area contributed by atoms with Crippen molar-refractivity contribution in [3.8, 4) is 0 Å². The predicted molar refractivity (Wildman–Crippen MR) is 188 cm³/mol. The van der Waals surface area contributed by atoms with Crippen molar-refractivity contribution >= 4 is 40.4 Å². The number of non-ortho nitro benzene ring substituents is 1. The molecule has 9 atom stereocenters. The van der Waals surface area contributed by atoms with Gasteiger partial charge in [-0.3, -0.25) is 40.0 Å². The summed E-state index contributed by atoms with van der Waals surface area (Å²) in [5.41, 5.74) is 4.07. The number of allylic oxidation sites excluding steroid dienone is 1. The molecule has 0 aliphatic heterocycles. The molecule has 0 radical (unpaired) electrons. The second-order valence-corrected chi connectivity index (χ2v) is 15.7. The molecule has 4 aliphatic rings. The molecule has 0 unspecified atom stereocenters. The smallest absolute Gasteiger partial charge is 0.302 e. The van der Waals surface area contributed by atoms with Crippen LogP contribution >= 0.6 is 0 Å². The van der Waals surface area contributed by atoms with Gasteiger partial charge in [-0.2, -0.15) is 5.10 Å². The second kappa shape index (κ2) is 14.6. The van der Waals surface area contributed by atoms with Crippen LogP contribution in [0.2, 0.25) is 0 Å². The van der Waals surface area contributed by atoms with Crippen LogP contribution in [0.5, 0.6) is 0 Å². The summed E-state index contributed by atoms with van der Waals surface area (Å²) >= 11 is 0. The molecule has 1 aromatic rings. The van der Waals surface area contributed by atoms with E-state index in [1.807, 2.05) is 13.8 Å². The average Bonchev–Trinajstić information content (AvgIpc) is 3.36. The van der Waals surface area contributed by atoms with E-state index in [-0.39, 0.29) is 69.6 Å². The zero-order chi connectivity index (χ0) is 36.5. The van der Waals surface area contributed by atoms with E-state index in [0.717, 1.165) is 50.3 Å². The number of benzene rings is 1. The van der Waals surface area contributed by atoms with Crippen molar-refractivity contribution in [2.45, 2.75) is 105 Å². The van der Waals surface area contributed by atoms with Gasteiger partial charge in [-0.15, -0.1) is 0 Å². The lowest BCUT2D eigenvalue weighted by Crippen LogP contribution is -2.51. The quantitative estimate of drug-likeness (QED) is 0.0993. The van der Waals surface area contributed by atoms with Crippen molar-refractivity contribution in [2.24, 2.45) is 51.4 Å². The molecular weight excluding hydrogens is 642 g/mol. The standard InChI is InChI=1S/C37H51N5O8/c1-21(20-38-23(3)43)7-12-34(45)22(2)35-32(40-39-31-11-9-26(41(46)47)18-33(31)42(48)49)19-30-28-10-8-25-17-27(50-24(4)44)13-15-36(25,5)29(28)14-16-37(30,35)6/h8-9,11,18,21-22,27-30,35,39H,7,10,12-17,19-20H2,1-6H3,(H,38,43)/b40-32+/t21-,22+,27+,28-,29-,30-,35-,36+,37+/m1/s1. The number of ketones is 1. The highest BCUT2D eigenvalue weighted by Crippen LogP contribution is 2.66. The number of nitrogens with one attached hydrogen (secondary N) is 2. The molecule has 3 fully saturated rings. The molecule has 0 heterocycles. The highest BCUT2D eigenvalue weighted by atomic mass is 16.6. The van der Waals surface area contributed by atoms with E-state index < -0.39 is 15.5 Å². The van der Waals surface area contributed by atoms with Gasteiger partial charge in [0.05, 0.1) is 15.9 Å². The summed E-state index contributed by atoms with van der Waals surface area (Å²) in [7, 11) is 0. The van der Waals surface area contributed by atoms with Crippen molar-refractivity contribution in [3.05, 3.63) is 50.1 Å². The minimum absolute atomic E-state index is 0.000607. The molecule has 3 saturated carbocycles. The van der Waals surface area contributed by atoms with Crippen LogP contribution in [-0.4, -0.2) is 45.9 Å². The molecule has 4 aliphatic carbocycles. The van der Waals surface area contributed by atoms with Crippen molar-refractivity contribution < 1.29 is 29.0 Å². The van der Waals surface area contributed by atoms with Crippen LogP contribution < -0.4 is 10.7 Å². The van der Waals surface area contributed by atoms with Crippen molar-refractivity contribution in [3.63, 3.8) is 0 Å². The molecule has 2 N–H and O–H groups in total. The van der Waals surface area contributed by atoms with E-state index in [0.29, 0.717) is 37.6 Å². The average molecular weight is 694 g/mol. The number of carbonyl (C=O) groups is 3. The van der Waals surface area contributed by atoms with Crippen LogP contribution in [0.15, 0.2) is 34.9 Å². The Bertz CT molecular complexity index is 1610. The molecular formula is C37H51N5O8. The van der Waals surface area contributed by atoms with Crippen molar-refractivity contribution in [2.75, 3.05) is 12.0 Å². The Hall–Kier alpha value is -4.16. The number of nitrogens with zero attached hydrogens (tertiary/aromatic N) is 3. The van der Waals surface area contributed by atoms with Crippen LogP contribution in [-0.2, 0) is 19.1 Å². The summed E-state index contributed by atoms with van der Waals surface area (Å²) < 4.78 is 5.62. The van der Waals surface area contributed by atoms with Gasteiger partial charge >= 0.3 is 11.7 Å². The van der Waals surface area contributed by atoms with Gasteiger partial charge in [-0.25, -0.2) is 0 Å². The number of hydrogen-bond donors (Lipinski definition) is 2. The van der Waals surface area contributed by atoms with Gasteiger partial charge in [0.2, 0.25) is 5.91 Å². The van der Waals surface area contributed by atoms with Crippen molar-refractivity contribution in [1.29, 1.82) is 0 Å². The van der Waals surface area contributed by atoms with Crippen molar-refractivity contribution in [1.82, 2.24) is 5.32 Å². The molecule has 0 aromatic heterocycles. The number of nitro benzene ring substituents is 2. The highest BCUT2D eigenvalue weighted by molar-refractivity contribution is 5.96.